The van der Waals surface area contributed by atoms with Crippen molar-refractivity contribution in [2.75, 3.05) is 19.8 Å². The molecule has 1 aliphatic rings. The summed E-state index contributed by atoms with van der Waals surface area (Å²) in [5.41, 5.74) is 0. The number of aliphatic hydroxyl groups is 1. The summed E-state index contributed by atoms with van der Waals surface area (Å²) in [6, 6.07) is -0.0924. The molecule has 0 bridgehead atoms. The van der Waals surface area contributed by atoms with Gasteiger partial charge in [-0.1, -0.05) is 13.3 Å². The molecule has 1 rings (SSSR count). The van der Waals surface area contributed by atoms with Crippen LogP contribution in [-0.4, -0.2) is 47.8 Å². The van der Waals surface area contributed by atoms with Crippen LogP contribution in [-0.2, 0) is 9.53 Å². The van der Waals surface area contributed by atoms with Crippen molar-refractivity contribution in [2.45, 2.75) is 51.6 Å². The van der Waals surface area contributed by atoms with Gasteiger partial charge in [-0.2, -0.15) is 0 Å². The summed E-state index contributed by atoms with van der Waals surface area (Å²) in [6.07, 6.45) is 3.98. The van der Waals surface area contributed by atoms with Gasteiger partial charge in [0.25, 0.3) is 0 Å². The van der Waals surface area contributed by atoms with E-state index in [2.05, 4.69) is 6.92 Å². The first-order valence-electron chi connectivity index (χ1n) is 6.24. The summed E-state index contributed by atoms with van der Waals surface area (Å²) < 4.78 is 5.19. The van der Waals surface area contributed by atoms with Crippen molar-refractivity contribution < 1.29 is 14.6 Å². The molecule has 0 aromatic carbocycles. The quantitative estimate of drug-likeness (QED) is 0.549. The molecule has 16 heavy (non-hydrogen) atoms. The van der Waals surface area contributed by atoms with Crippen LogP contribution in [0.2, 0.25) is 0 Å². The monoisotopic (exact) mass is 229 g/mol. The highest BCUT2D eigenvalue weighted by molar-refractivity contribution is 5.75. The van der Waals surface area contributed by atoms with Gasteiger partial charge in [0.2, 0.25) is 0 Å². The van der Waals surface area contributed by atoms with E-state index < -0.39 is 0 Å². The number of nitrogens with zero attached hydrogens (tertiary/aromatic N) is 1. The molecule has 1 N–H and O–H groups in total. The van der Waals surface area contributed by atoms with E-state index in [4.69, 9.17) is 4.74 Å². The molecule has 2 atom stereocenters. The van der Waals surface area contributed by atoms with Crippen LogP contribution in [0, 0.1) is 0 Å². The van der Waals surface area contributed by atoms with Gasteiger partial charge < -0.3 is 9.84 Å². The third-order valence-electron chi connectivity index (χ3n) is 3.21. The molecule has 0 aromatic rings. The zero-order valence-corrected chi connectivity index (χ0v) is 10.3. The van der Waals surface area contributed by atoms with Gasteiger partial charge in [0.05, 0.1) is 13.2 Å². The van der Waals surface area contributed by atoms with Crippen LogP contribution in [0.4, 0.5) is 0 Å². The van der Waals surface area contributed by atoms with Gasteiger partial charge in [0.1, 0.15) is 6.04 Å². The number of aliphatic hydroxyl groups excluding tert-OH is 1. The molecule has 94 valence electrons. The summed E-state index contributed by atoms with van der Waals surface area (Å²) in [7, 11) is 0. The SMILES string of the molecule is CCCCOC(=O)C(C)N1CCC[C@@H]1CO. The second kappa shape index (κ2) is 6.86. The molecule has 0 radical (unpaired) electrons. The van der Waals surface area contributed by atoms with Gasteiger partial charge in [-0.15, -0.1) is 0 Å². The second-order valence-corrected chi connectivity index (χ2v) is 4.41. The topological polar surface area (TPSA) is 49.8 Å². The van der Waals surface area contributed by atoms with E-state index in [1.165, 1.54) is 0 Å². The van der Waals surface area contributed by atoms with Crippen LogP contribution < -0.4 is 0 Å². The van der Waals surface area contributed by atoms with E-state index in [0.717, 1.165) is 32.2 Å². The molecular weight excluding hydrogens is 206 g/mol. The van der Waals surface area contributed by atoms with Crippen LogP contribution in [0.5, 0.6) is 0 Å². The lowest BCUT2D eigenvalue weighted by atomic mass is 10.2. The van der Waals surface area contributed by atoms with Crippen molar-refractivity contribution in [1.82, 2.24) is 4.90 Å². The number of carbonyl (C=O) groups excluding carboxylic acids is 1. The third-order valence-corrected chi connectivity index (χ3v) is 3.21. The van der Waals surface area contributed by atoms with Crippen molar-refractivity contribution in [3.8, 4) is 0 Å². The first-order valence-corrected chi connectivity index (χ1v) is 6.24. The minimum absolute atomic E-state index is 0.132. The number of likely N-dealkylation sites (tertiary alicyclic amines) is 1. The fraction of sp³-hybridized carbons (Fsp3) is 0.917. The van der Waals surface area contributed by atoms with Crippen LogP contribution in [0.1, 0.15) is 39.5 Å². The molecule has 1 unspecified atom stereocenters. The lowest BCUT2D eigenvalue weighted by Crippen LogP contribution is -2.44. The molecule has 4 nitrogen and oxygen atoms in total. The van der Waals surface area contributed by atoms with E-state index in [1.807, 2.05) is 11.8 Å². The first-order chi connectivity index (χ1) is 7.70. The van der Waals surface area contributed by atoms with Crippen LogP contribution in [0.25, 0.3) is 0 Å². The van der Waals surface area contributed by atoms with Crippen molar-refractivity contribution >= 4 is 5.97 Å². The molecule has 1 saturated heterocycles. The molecule has 0 aliphatic carbocycles. The van der Waals surface area contributed by atoms with Gasteiger partial charge >= 0.3 is 5.97 Å². The highest BCUT2D eigenvalue weighted by Gasteiger charge is 2.32. The van der Waals surface area contributed by atoms with Gasteiger partial charge in [-0.3, -0.25) is 9.69 Å². The lowest BCUT2D eigenvalue weighted by Gasteiger charge is -2.27. The first kappa shape index (κ1) is 13.5. The Kier molecular flexibility index (Phi) is 5.77. The molecule has 0 amide bonds. The molecule has 0 aromatic heterocycles. The molecule has 1 fully saturated rings. The number of carbonyl (C=O) groups is 1. The Labute approximate surface area is 97.6 Å². The third kappa shape index (κ3) is 3.46. The summed E-state index contributed by atoms with van der Waals surface area (Å²) in [5.74, 6) is -0.159. The van der Waals surface area contributed by atoms with E-state index in [0.29, 0.717) is 6.61 Å². The zero-order chi connectivity index (χ0) is 12.0. The zero-order valence-electron chi connectivity index (χ0n) is 10.3. The van der Waals surface area contributed by atoms with E-state index in [9.17, 15) is 9.90 Å². The largest absolute Gasteiger partial charge is 0.465 e. The predicted octanol–water partition coefficient (Wildman–Crippen LogP) is 1.17. The fourth-order valence-corrected chi connectivity index (χ4v) is 2.14. The smallest absolute Gasteiger partial charge is 0.323 e. The lowest BCUT2D eigenvalue weighted by molar-refractivity contribution is -0.150. The van der Waals surface area contributed by atoms with Gasteiger partial charge in [-0.05, 0) is 32.7 Å². The summed E-state index contributed by atoms with van der Waals surface area (Å²) in [5, 5.41) is 9.19. The van der Waals surface area contributed by atoms with Crippen LogP contribution in [0.3, 0.4) is 0 Å². The Hall–Kier alpha value is -0.610. The van der Waals surface area contributed by atoms with Crippen LogP contribution in [0.15, 0.2) is 0 Å². The molecule has 4 heteroatoms. The number of rotatable bonds is 6. The minimum atomic E-state index is -0.225. The van der Waals surface area contributed by atoms with Crippen molar-refractivity contribution in [1.29, 1.82) is 0 Å². The number of esters is 1. The normalized spacial score (nSPS) is 23.3. The van der Waals surface area contributed by atoms with Crippen molar-refractivity contribution in [3.05, 3.63) is 0 Å². The Morgan fingerprint density at radius 2 is 2.38 bits per heavy atom. The Bertz CT molecular complexity index is 220. The van der Waals surface area contributed by atoms with E-state index in [-0.39, 0.29) is 24.7 Å². The second-order valence-electron chi connectivity index (χ2n) is 4.41. The molecular formula is C12H23NO3. The maximum absolute atomic E-state index is 11.7. The van der Waals surface area contributed by atoms with Crippen molar-refractivity contribution in [3.63, 3.8) is 0 Å². The standard InChI is InChI=1S/C12H23NO3/c1-3-4-8-16-12(15)10(2)13-7-5-6-11(13)9-14/h10-11,14H,3-9H2,1-2H3/t10?,11-/m1/s1. The minimum Gasteiger partial charge on any atom is -0.465 e. The highest BCUT2D eigenvalue weighted by Crippen LogP contribution is 2.20. The van der Waals surface area contributed by atoms with Crippen molar-refractivity contribution in [2.24, 2.45) is 0 Å². The maximum Gasteiger partial charge on any atom is 0.323 e. The molecule has 0 spiro atoms. The molecule has 0 saturated carbocycles. The fourth-order valence-electron chi connectivity index (χ4n) is 2.14. The number of ether oxygens (including phenoxy) is 1. The Morgan fingerprint density at radius 3 is 3.00 bits per heavy atom. The average Bonchev–Trinajstić information content (AvgIpc) is 2.76. The molecule has 1 heterocycles. The van der Waals surface area contributed by atoms with Gasteiger partial charge in [0.15, 0.2) is 0 Å². The summed E-state index contributed by atoms with van der Waals surface area (Å²) in [4.78, 5) is 13.8. The number of hydrogen-bond donors (Lipinski definition) is 1. The van der Waals surface area contributed by atoms with Gasteiger partial charge in [-0.25, -0.2) is 0 Å². The highest BCUT2D eigenvalue weighted by atomic mass is 16.5. The van der Waals surface area contributed by atoms with Crippen LogP contribution >= 0.6 is 0 Å². The maximum atomic E-state index is 11.7. The summed E-state index contributed by atoms with van der Waals surface area (Å²) in [6.45, 7) is 5.46. The summed E-state index contributed by atoms with van der Waals surface area (Å²) >= 11 is 0. The van der Waals surface area contributed by atoms with Gasteiger partial charge in [0, 0.05) is 6.04 Å². The van der Waals surface area contributed by atoms with E-state index >= 15 is 0 Å². The average molecular weight is 229 g/mol. The number of unbranched alkanes of at least 4 members (excludes halogenated alkanes) is 1. The predicted molar refractivity (Wildman–Crippen MR) is 62.1 cm³/mol. The Morgan fingerprint density at radius 1 is 1.62 bits per heavy atom. The number of hydrogen-bond acceptors (Lipinski definition) is 4. The molecule has 1 aliphatic heterocycles. The Balaban J connectivity index is 2.37. The van der Waals surface area contributed by atoms with E-state index in [1.54, 1.807) is 0 Å².